The van der Waals surface area contributed by atoms with E-state index in [1.54, 1.807) is 0 Å². The average Bonchev–Trinajstić information content (AvgIpc) is 3.61. The molecule has 2 unspecified atom stereocenters. The minimum atomic E-state index is -4.65. The highest BCUT2D eigenvalue weighted by atomic mass is 31.2. The number of esters is 2. The molecule has 0 aliphatic rings. The van der Waals surface area contributed by atoms with Crippen LogP contribution in [0.25, 0.3) is 0 Å². The van der Waals surface area contributed by atoms with Crippen LogP contribution < -0.4 is 4.89 Å². The Labute approximate surface area is 520 Å². The van der Waals surface area contributed by atoms with E-state index in [0.717, 1.165) is 83.5 Å². The van der Waals surface area contributed by atoms with Crippen molar-refractivity contribution in [3.8, 4) is 0 Å². The number of quaternary nitrogens is 1. The molecule has 0 N–H and O–H groups in total. The van der Waals surface area contributed by atoms with E-state index >= 15 is 0 Å². The second-order valence-corrected chi connectivity index (χ2v) is 26.3. The van der Waals surface area contributed by atoms with Crippen molar-refractivity contribution in [2.45, 2.75) is 328 Å². The van der Waals surface area contributed by atoms with Crippen LogP contribution in [0.3, 0.4) is 0 Å². The van der Waals surface area contributed by atoms with Crippen LogP contribution in [0.1, 0.15) is 322 Å². The van der Waals surface area contributed by atoms with Gasteiger partial charge in [0.15, 0.2) is 6.10 Å². The Balaban J connectivity index is 3.98. The topological polar surface area (TPSA) is 111 Å². The highest BCUT2D eigenvalue weighted by Crippen LogP contribution is 2.38. The Morgan fingerprint density at radius 1 is 0.381 bits per heavy atom. The van der Waals surface area contributed by atoms with Gasteiger partial charge in [0.2, 0.25) is 0 Å². The van der Waals surface area contributed by atoms with Gasteiger partial charge in [-0.15, -0.1) is 0 Å². The zero-order chi connectivity index (χ0) is 61.2. The van der Waals surface area contributed by atoms with E-state index in [0.29, 0.717) is 17.4 Å². The number of nitrogens with zero attached hydrogens (tertiary/aromatic N) is 1. The third-order valence-electron chi connectivity index (χ3n) is 15.4. The van der Waals surface area contributed by atoms with Gasteiger partial charge in [0, 0.05) is 12.8 Å². The number of carbonyl (C=O) groups excluding carboxylic acids is 2. The van der Waals surface area contributed by atoms with E-state index in [2.05, 4.69) is 98.9 Å². The molecule has 9 nitrogen and oxygen atoms in total. The Kier molecular flexibility index (Phi) is 62.5. The Hall–Kier alpha value is -2.81. The van der Waals surface area contributed by atoms with Crippen molar-refractivity contribution in [2.24, 2.45) is 0 Å². The molecule has 0 radical (unpaired) electrons. The monoisotopic (exact) mass is 1200 g/mol. The summed E-state index contributed by atoms with van der Waals surface area (Å²) in [6.45, 7) is 4.13. The molecule has 0 aromatic carbocycles. The summed E-state index contributed by atoms with van der Waals surface area (Å²) < 4.78 is 34.3. The zero-order valence-corrected chi connectivity index (χ0v) is 56.5. The highest BCUT2D eigenvalue weighted by molar-refractivity contribution is 7.45. The van der Waals surface area contributed by atoms with Crippen LogP contribution >= 0.6 is 7.82 Å². The average molecular weight is 1200 g/mol. The normalized spacial score (nSPS) is 13.6. The second kappa shape index (κ2) is 64.7. The molecule has 0 fully saturated rings. The van der Waals surface area contributed by atoms with E-state index in [1.165, 1.54) is 205 Å². The molecule has 0 saturated carbocycles. The number of likely N-dealkylation sites (N-methyl/N-ethyl adjacent to an activating group) is 1. The van der Waals surface area contributed by atoms with Gasteiger partial charge in [0.25, 0.3) is 7.82 Å². The molecule has 0 heterocycles. The lowest BCUT2D eigenvalue weighted by Gasteiger charge is -2.28. The van der Waals surface area contributed by atoms with Crippen LogP contribution in [0.5, 0.6) is 0 Å². The zero-order valence-electron chi connectivity index (χ0n) is 55.6. The Morgan fingerprint density at radius 3 is 1.01 bits per heavy atom. The van der Waals surface area contributed by atoms with Crippen molar-refractivity contribution < 1.29 is 42.1 Å². The summed E-state index contributed by atoms with van der Waals surface area (Å²) in [5, 5.41) is 0. The quantitative estimate of drug-likeness (QED) is 0.0195. The van der Waals surface area contributed by atoms with Gasteiger partial charge in [-0.1, -0.05) is 304 Å². The molecule has 84 heavy (non-hydrogen) atoms. The molecule has 0 aromatic rings. The molecule has 0 amide bonds. The van der Waals surface area contributed by atoms with E-state index in [-0.39, 0.29) is 32.0 Å². The number of phosphoric ester groups is 1. The fraction of sp³-hybridized carbons (Fsp3) is 0.784. The maximum Gasteiger partial charge on any atom is 0.306 e. The molecule has 0 bridgehead atoms. The van der Waals surface area contributed by atoms with Crippen LogP contribution in [0.2, 0.25) is 0 Å². The third-order valence-corrected chi connectivity index (χ3v) is 16.4. The summed E-state index contributed by atoms with van der Waals surface area (Å²) in [5.74, 6) is -0.837. The van der Waals surface area contributed by atoms with Crippen LogP contribution in [0, 0.1) is 0 Å². The van der Waals surface area contributed by atoms with Gasteiger partial charge >= 0.3 is 11.9 Å². The smallest absolute Gasteiger partial charge is 0.306 e. The van der Waals surface area contributed by atoms with Crippen molar-refractivity contribution in [1.29, 1.82) is 0 Å². The van der Waals surface area contributed by atoms with E-state index in [1.807, 2.05) is 21.1 Å². The molecule has 0 spiro atoms. The van der Waals surface area contributed by atoms with Crippen molar-refractivity contribution in [3.63, 3.8) is 0 Å². The van der Waals surface area contributed by atoms with Crippen LogP contribution in [0.4, 0.5) is 0 Å². The number of phosphoric acid groups is 1. The first-order valence-electron chi connectivity index (χ1n) is 35.3. The molecule has 0 aliphatic heterocycles. The first-order chi connectivity index (χ1) is 41.0. The summed E-state index contributed by atoms with van der Waals surface area (Å²) >= 11 is 0. The molecule has 488 valence electrons. The third kappa shape index (κ3) is 68.3. The van der Waals surface area contributed by atoms with Gasteiger partial charge in [-0.05, 0) is 89.9 Å². The number of rotatable bonds is 65. The van der Waals surface area contributed by atoms with Gasteiger partial charge < -0.3 is 27.9 Å². The van der Waals surface area contributed by atoms with Gasteiger partial charge in [-0.3, -0.25) is 14.2 Å². The number of hydrogen-bond acceptors (Lipinski definition) is 8. The SMILES string of the molecule is CC/C=C\C/C=C\C/C=C\C/C=C\C/C=C\CCCCCCCCCC(=O)OC(COC(=O)CCCCCCCCCCCCCCCCCCCCCCCCCCC/C=C\C/C=C\CCCCCCC)COP(=O)([O-])OCC[N+](C)(C)C. The molecule has 0 aliphatic carbocycles. The van der Waals surface area contributed by atoms with Crippen molar-refractivity contribution >= 4 is 19.8 Å². The van der Waals surface area contributed by atoms with Crippen LogP contribution in [-0.2, 0) is 32.7 Å². The van der Waals surface area contributed by atoms with Gasteiger partial charge in [-0.2, -0.15) is 0 Å². The van der Waals surface area contributed by atoms with Gasteiger partial charge in [0.1, 0.15) is 19.8 Å². The summed E-state index contributed by atoms with van der Waals surface area (Å²) in [4.78, 5) is 38.0. The molecule has 0 rings (SSSR count). The van der Waals surface area contributed by atoms with Gasteiger partial charge in [-0.25, -0.2) is 0 Å². The van der Waals surface area contributed by atoms with Crippen LogP contribution in [0.15, 0.2) is 85.1 Å². The first kappa shape index (κ1) is 81.2. The van der Waals surface area contributed by atoms with Crippen LogP contribution in [-0.4, -0.2) is 70.0 Å². The number of unbranched alkanes of at least 4 members (excludes halogenated alkanes) is 37. The molecule has 0 aromatic heterocycles. The minimum absolute atomic E-state index is 0.0352. The number of ether oxygens (including phenoxy) is 2. The first-order valence-corrected chi connectivity index (χ1v) is 36.8. The van der Waals surface area contributed by atoms with Gasteiger partial charge in [0.05, 0.1) is 27.7 Å². The Bertz CT molecular complexity index is 1690. The second-order valence-electron chi connectivity index (χ2n) is 24.9. The molecule has 10 heteroatoms. The van der Waals surface area contributed by atoms with E-state index in [9.17, 15) is 19.0 Å². The van der Waals surface area contributed by atoms with E-state index < -0.39 is 26.5 Å². The van der Waals surface area contributed by atoms with E-state index in [4.69, 9.17) is 18.5 Å². The molecular weight excluding hydrogens is 1060 g/mol. The lowest BCUT2D eigenvalue weighted by molar-refractivity contribution is -0.870. The summed E-state index contributed by atoms with van der Waals surface area (Å²) in [5.41, 5.74) is 0. The van der Waals surface area contributed by atoms with Crippen molar-refractivity contribution in [1.82, 2.24) is 0 Å². The predicted octanol–water partition coefficient (Wildman–Crippen LogP) is 22.3. The maximum absolute atomic E-state index is 12.8. The Morgan fingerprint density at radius 2 is 0.679 bits per heavy atom. The fourth-order valence-electron chi connectivity index (χ4n) is 10.0. The highest BCUT2D eigenvalue weighted by Gasteiger charge is 2.22. The maximum atomic E-state index is 12.8. The summed E-state index contributed by atoms with van der Waals surface area (Å²) in [6, 6.07) is 0. The number of hydrogen-bond donors (Lipinski definition) is 0. The predicted molar refractivity (Wildman–Crippen MR) is 360 cm³/mol. The fourth-order valence-corrected chi connectivity index (χ4v) is 10.7. The lowest BCUT2D eigenvalue weighted by atomic mass is 10.0. The summed E-state index contributed by atoms with van der Waals surface area (Å²) in [6.07, 6.45) is 88.2. The molecule has 0 saturated heterocycles. The molecule has 2 atom stereocenters. The van der Waals surface area contributed by atoms with Crippen molar-refractivity contribution in [2.75, 3.05) is 47.5 Å². The van der Waals surface area contributed by atoms with Crippen molar-refractivity contribution in [3.05, 3.63) is 85.1 Å². The number of allylic oxidation sites excluding steroid dienone is 14. The largest absolute Gasteiger partial charge is 0.756 e. The number of carbonyl (C=O) groups is 2. The minimum Gasteiger partial charge on any atom is -0.756 e. The lowest BCUT2D eigenvalue weighted by Crippen LogP contribution is -2.37. The standard InChI is InChI=1S/C74H134NO8P/c1-6-8-10-12-14-16-18-20-22-24-26-28-30-31-32-33-34-35-36-37-38-39-40-41-42-43-45-46-48-50-52-54-56-58-60-62-64-66-73(76)80-70-72(71-82-84(78,79)81-69-68-75(3,4)5)83-74(77)67-65-63-61-59-57-55-53-51-49-47-44-29-27-25-23-21-19-17-15-13-11-9-7-2/h9,11,15,17-18,20-21,23-24,26-27,29,47,49,72H,6-8,10,12-14,16,19,22,25,28,30-46,48,50-71H2,1-5H3/b11-9-,17-15-,20-18-,23-21-,26-24-,29-27-,49-47-. The molecular formula is C74H134NO8P. The summed E-state index contributed by atoms with van der Waals surface area (Å²) in [7, 11) is 1.16.